The topological polar surface area (TPSA) is 40.5 Å². The predicted molar refractivity (Wildman–Crippen MR) is 72.8 cm³/mol. The Morgan fingerprint density at radius 3 is 2.78 bits per heavy atom. The summed E-state index contributed by atoms with van der Waals surface area (Å²) in [7, 11) is 0. The van der Waals surface area contributed by atoms with Crippen molar-refractivity contribution in [2.75, 3.05) is 13.2 Å². The molecule has 0 saturated heterocycles. The van der Waals surface area contributed by atoms with E-state index in [-0.39, 0.29) is 24.3 Å². The molecule has 0 heterocycles. The Bertz CT molecular complexity index is 437. The highest BCUT2D eigenvalue weighted by Crippen LogP contribution is 2.19. The lowest BCUT2D eigenvalue weighted by Gasteiger charge is -2.07. The quantitative estimate of drug-likeness (QED) is 0.804. The number of benzene rings is 1. The van der Waals surface area contributed by atoms with E-state index in [4.69, 9.17) is 10.2 Å². The maximum atomic E-state index is 13.4. The number of hydrogen-bond donors (Lipinski definition) is 2. The van der Waals surface area contributed by atoms with Crippen molar-refractivity contribution in [3.8, 4) is 11.8 Å². The number of halogens is 1. The molecular formula is C14H17FO2S. The average Bonchev–Trinajstić information content (AvgIpc) is 2.35. The molecule has 0 fully saturated rings. The van der Waals surface area contributed by atoms with E-state index in [0.29, 0.717) is 17.7 Å². The Morgan fingerprint density at radius 2 is 2.11 bits per heavy atom. The van der Waals surface area contributed by atoms with E-state index in [2.05, 4.69) is 11.8 Å². The standard InChI is InChI=1S/C14H17FO2S/c1-11(9-17)18-10-13-6-12(4-2-3-5-16)7-14(15)8-13/h6-8,11,16-17H,3,5,9-10H2,1H3. The van der Waals surface area contributed by atoms with E-state index >= 15 is 0 Å². The van der Waals surface area contributed by atoms with Crippen molar-refractivity contribution in [2.45, 2.75) is 24.3 Å². The lowest BCUT2D eigenvalue weighted by Crippen LogP contribution is -2.02. The lowest BCUT2D eigenvalue weighted by atomic mass is 10.1. The van der Waals surface area contributed by atoms with Crippen LogP contribution < -0.4 is 0 Å². The second-order valence-electron chi connectivity index (χ2n) is 3.93. The molecule has 1 unspecified atom stereocenters. The molecular weight excluding hydrogens is 251 g/mol. The molecule has 0 bridgehead atoms. The number of thioether (sulfide) groups is 1. The van der Waals surface area contributed by atoms with Gasteiger partial charge in [-0.3, -0.25) is 0 Å². The minimum Gasteiger partial charge on any atom is -0.395 e. The van der Waals surface area contributed by atoms with Crippen molar-refractivity contribution in [2.24, 2.45) is 0 Å². The number of aliphatic hydroxyl groups excluding tert-OH is 2. The molecule has 1 aromatic rings. The van der Waals surface area contributed by atoms with E-state index in [0.717, 1.165) is 5.56 Å². The van der Waals surface area contributed by atoms with Gasteiger partial charge in [-0.1, -0.05) is 18.8 Å². The van der Waals surface area contributed by atoms with Crippen LogP contribution in [0.15, 0.2) is 18.2 Å². The Morgan fingerprint density at radius 1 is 1.33 bits per heavy atom. The Kier molecular flexibility index (Phi) is 6.81. The Hall–Kier alpha value is -1.02. The fraction of sp³-hybridized carbons (Fsp3) is 0.429. The largest absolute Gasteiger partial charge is 0.395 e. The highest BCUT2D eigenvalue weighted by atomic mass is 32.2. The van der Waals surface area contributed by atoms with Crippen LogP contribution in [-0.2, 0) is 5.75 Å². The van der Waals surface area contributed by atoms with Crippen LogP contribution >= 0.6 is 11.8 Å². The van der Waals surface area contributed by atoms with Crippen LogP contribution in [0.4, 0.5) is 4.39 Å². The maximum Gasteiger partial charge on any atom is 0.124 e. The van der Waals surface area contributed by atoms with Crippen molar-refractivity contribution < 1.29 is 14.6 Å². The summed E-state index contributed by atoms with van der Waals surface area (Å²) in [6, 6.07) is 4.70. The first-order valence-corrected chi connectivity index (χ1v) is 6.82. The third-order valence-corrected chi connectivity index (χ3v) is 3.44. The Labute approximate surface area is 111 Å². The molecule has 18 heavy (non-hydrogen) atoms. The number of aliphatic hydroxyl groups is 2. The van der Waals surface area contributed by atoms with Crippen molar-refractivity contribution >= 4 is 11.8 Å². The normalized spacial score (nSPS) is 11.8. The van der Waals surface area contributed by atoms with Crippen LogP contribution in [0, 0.1) is 17.7 Å². The molecule has 1 atom stereocenters. The molecule has 0 radical (unpaired) electrons. The van der Waals surface area contributed by atoms with E-state index in [1.54, 1.807) is 11.8 Å². The lowest BCUT2D eigenvalue weighted by molar-refractivity contribution is 0.300. The van der Waals surface area contributed by atoms with Gasteiger partial charge in [0.1, 0.15) is 5.82 Å². The van der Waals surface area contributed by atoms with Crippen LogP contribution in [0.2, 0.25) is 0 Å². The molecule has 1 rings (SSSR count). The van der Waals surface area contributed by atoms with Gasteiger partial charge in [-0.05, 0) is 23.8 Å². The van der Waals surface area contributed by atoms with Gasteiger partial charge < -0.3 is 10.2 Å². The van der Waals surface area contributed by atoms with Crippen molar-refractivity contribution in [1.82, 2.24) is 0 Å². The number of hydrogen-bond acceptors (Lipinski definition) is 3. The van der Waals surface area contributed by atoms with Gasteiger partial charge in [-0.25, -0.2) is 4.39 Å². The van der Waals surface area contributed by atoms with Gasteiger partial charge >= 0.3 is 0 Å². The summed E-state index contributed by atoms with van der Waals surface area (Å²) >= 11 is 1.57. The summed E-state index contributed by atoms with van der Waals surface area (Å²) in [5.74, 6) is 5.93. The fourth-order valence-electron chi connectivity index (χ4n) is 1.32. The molecule has 1 aromatic carbocycles. The molecule has 0 aromatic heterocycles. The first kappa shape index (κ1) is 15.0. The molecule has 2 N–H and O–H groups in total. The SMILES string of the molecule is CC(CO)SCc1cc(F)cc(C#CCCO)c1. The molecule has 98 valence electrons. The molecule has 0 saturated carbocycles. The van der Waals surface area contributed by atoms with Gasteiger partial charge in [0.2, 0.25) is 0 Å². The van der Waals surface area contributed by atoms with E-state index < -0.39 is 0 Å². The van der Waals surface area contributed by atoms with E-state index in [1.165, 1.54) is 12.1 Å². The fourth-order valence-corrected chi connectivity index (χ4v) is 2.07. The van der Waals surface area contributed by atoms with Gasteiger partial charge in [0.05, 0.1) is 13.2 Å². The van der Waals surface area contributed by atoms with Gasteiger partial charge in [0, 0.05) is 23.0 Å². The van der Waals surface area contributed by atoms with Crippen LogP contribution in [0.3, 0.4) is 0 Å². The summed E-state index contributed by atoms with van der Waals surface area (Å²) in [5.41, 5.74) is 1.48. The minimum absolute atomic E-state index is 0.0129. The van der Waals surface area contributed by atoms with E-state index in [9.17, 15) is 4.39 Å². The second-order valence-corrected chi connectivity index (χ2v) is 5.35. The van der Waals surface area contributed by atoms with Gasteiger partial charge in [-0.15, -0.1) is 0 Å². The molecule has 2 nitrogen and oxygen atoms in total. The highest BCUT2D eigenvalue weighted by Gasteiger charge is 2.03. The number of rotatable bonds is 5. The summed E-state index contributed by atoms with van der Waals surface area (Å²) in [6.45, 7) is 2.05. The van der Waals surface area contributed by atoms with Crippen LogP contribution in [0.5, 0.6) is 0 Å². The molecule has 0 spiro atoms. The zero-order valence-corrected chi connectivity index (χ0v) is 11.1. The zero-order chi connectivity index (χ0) is 13.4. The Balaban J connectivity index is 2.72. The summed E-state index contributed by atoms with van der Waals surface area (Å²) in [6.07, 6.45) is 0.391. The van der Waals surface area contributed by atoms with E-state index in [1.807, 2.05) is 13.0 Å². The highest BCUT2D eigenvalue weighted by molar-refractivity contribution is 7.99. The van der Waals surface area contributed by atoms with Crippen LogP contribution in [0.1, 0.15) is 24.5 Å². The first-order valence-electron chi connectivity index (χ1n) is 5.77. The first-order chi connectivity index (χ1) is 8.65. The second kappa shape index (κ2) is 8.15. The molecule has 0 amide bonds. The molecule has 0 aliphatic carbocycles. The van der Waals surface area contributed by atoms with Gasteiger partial charge in [-0.2, -0.15) is 11.8 Å². The average molecular weight is 268 g/mol. The third-order valence-electron chi connectivity index (χ3n) is 2.22. The molecule has 0 aliphatic heterocycles. The van der Waals surface area contributed by atoms with Crippen molar-refractivity contribution in [3.63, 3.8) is 0 Å². The van der Waals surface area contributed by atoms with Crippen molar-refractivity contribution in [1.29, 1.82) is 0 Å². The summed E-state index contributed by atoms with van der Waals surface area (Å²) in [4.78, 5) is 0. The smallest absolute Gasteiger partial charge is 0.124 e. The maximum absolute atomic E-state index is 13.4. The van der Waals surface area contributed by atoms with Crippen LogP contribution in [-0.4, -0.2) is 28.7 Å². The van der Waals surface area contributed by atoms with Gasteiger partial charge in [0.25, 0.3) is 0 Å². The summed E-state index contributed by atoms with van der Waals surface area (Å²) < 4.78 is 13.4. The van der Waals surface area contributed by atoms with Crippen LogP contribution in [0.25, 0.3) is 0 Å². The van der Waals surface area contributed by atoms with Crippen molar-refractivity contribution in [3.05, 3.63) is 35.1 Å². The zero-order valence-electron chi connectivity index (χ0n) is 10.3. The third kappa shape index (κ3) is 5.54. The summed E-state index contributed by atoms with van der Waals surface area (Å²) in [5, 5.41) is 17.7. The minimum atomic E-state index is -0.307. The predicted octanol–water partition coefficient (Wildman–Crippen LogP) is 2.17. The molecule has 4 heteroatoms. The van der Waals surface area contributed by atoms with Gasteiger partial charge in [0.15, 0.2) is 0 Å². The monoisotopic (exact) mass is 268 g/mol. The molecule has 0 aliphatic rings.